The lowest BCUT2D eigenvalue weighted by Crippen LogP contribution is -2.41. The van der Waals surface area contributed by atoms with Gasteiger partial charge in [-0.25, -0.2) is 9.38 Å². The van der Waals surface area contributed by atoms with Crippen LogP contribution in [0.5, 0.6) is 5.75 Å². The van der Waals surface area contributed by atoms with Crippen molar-refractivity contribution in [2.24, 2.45) is 4.99 Å². The predicted molar refractivity (Wildman–Crippen MR) is 84.8 cm³/mol. The molecule has 0 saturated carbocycles. The number of rotatable bonds is 7. The van der Waals surface area contributed by atoms with Crippen molar-refractivity contribution in [3.05, 3.63) is 29.6 Å². The SMILES string of the molecule is CCNC(=NCc1c(F)cccc1OC(F)F)NCC1CCCO1. The fourth-order valence-electron chi connectivity index (χ4n) is 2.41. The summed E-state index contributed by atoms with van der Waals surface area (Å²) in [5, 5.41) is 6.14. The average Bonchev–Trinajstić information content (AvgIpc) is 3.04. The van der Waals surface area contributed by atoms with E-state index >= 15 is 0 Å². The lowest BCUT2D eigenvalue weighted by Gasteiger charge is -2.15. The van der Waals surface area contributed by atoms with Crippen LogP contribution in [0.2, 0.25) is 0 Å². The second-order valence-corrected chi connectivity index (χ2v) is 5.31. The molecule has 1 saturated heterocycles. The highest BCUT2D eigenvalue weighted by Crippen LogP contribution is 2.24. The molecule has 1 aromatic carbocycles. The summed E-state index contributed by atoms with van der Waals surface area (Å²) in [5.74, 6) is -0.366. The molecule has 1 heterocycles. The van der Waals surface area contributed by atoms with Gasteiger partial charge in [-0.1, -0.05) is 6.07 Å². The van der Waals surface area contributed by atoms with Gasteiger partial charge in [0.15, 0.2) is 5.96 Å². The number of nitrogens with zero attached hydrogens (tertiary/aromatic N) is 1. The topological polar surface area (TPSA) is 54.9 Å². The van der Waals surface area contributed by atoms with Crippen LogP contribution in [0.3, 0.4) is 0 Å². The van der Waals surface area contributed by atoms with Gasteiger partial charge in [-0.15, -0.1) is 0 Å². The third-order valence-electron chi connectivity index (χ3n) is 3.55. The Morgan fingerprint density at radius 3 is 2.92 bits per heavy atom. The van der Waals surface area contributed by atoms with E-state index < -0.39 is 12.4 Å². The van der Waals surface area contributed by atoms with Gasteiger partial charge in [0.25, 0.3) is 0 Å². The number of aliphatic imine (C=N–C) groups is 1. The van der Waals surface area contributed by atoms with E-state index in [0.29, 0.717) is 19.0 Å². The molecule has 1 fully saturated rings. The van der Waals surface area contributed by atoms with E-state index in [2.05, 4.69) is 20.4 Å². The summed E-state index contributed by atoms with van der Waals surface area (Å²) in [7, 11) is 0. The summed E-state index contributed by atoms with van der Waals surface area (Å²) in [6.45, 7) is 0.732. The quantitative estimate of drug-likeness (QED) is 0.589. The monoisotopic (exact) mass is 345 g/mol. The molecule has 1 aliphatic heterocycles. The first-order chi connectivity index (χ1) is 11.6. The van der Waals surface area contributed by atoms with Crippen LogP contribution in [0.1, 0.15) is 25.3 Å². The zero-order chi connectivity index (χ0) is 17.4. The fourth-order valence-corrected chi connectivity index (χ4v) is 2.41. The van der Waals surface area contributed by atoms with Crippen molar-refractivity contribution in [1.29, 1.82) is 0 Å². The lowest BCUT2D eigenvalue weighted by atomic mass is 10.2. The van der Waals surface area contributed by atoms with Gasteiger partial charge in [-0.2, -0.15) is 8.78 Å². The molecule has 0 bridgehead atoms. The molecule has 24 heavy (non-hydrogen) atoms. The van der Waals surface area contributed by atoms with Gasteiger partial charge in [0.1, 0.15) is 11.6 Å². The molecule has 2 rings (SSSR count). The molecule has 1 atom stereocenters. The van der Waals surface area contributed by atoms with Crippen molar-refractivity contribution in [2.75, 3.05) is 19.7 Å². The number of halogens is 3. The van der Waals surface area contributed by atoms with E-state index in [-0.39, 0.29) is 24.0 Å². The molecule has 2 N–H and O–H groups in total. The Hall–Kier alpha value is -1.96. The van der Waals surface area contributed by atoms with Crippen LogP contribution in [0.15, 0.2) is 23.2 Å². The first-order valence-electron chi connectivity index (χ1n) is 7.96. The first kappa shape index (κ1) is 18.4. The summed E-state index contributed by atoms with van der Waals surface area (Å²) in [6.07, 6.45) is 2.13. The van der Waals surface area contributed by atoms with E-state index in [0.717, 1.165) is 19.4 Å². The maximum atomic E-state index is 13.9. The van der Waals surface area contributed by atoms with Gasteiger partial charge in [-0.3, -0.25) is 0 Å². The molecule has 1 unspecified atom stereocenters. The van der Waals surface area contributed by atoms with Crippen LogP contribution < -0.4 is 15.4 Å². The Balaban J connectivity index is 2.04. The standard InChI is InChI=1S/C16H22F3N3O2/c1-2-20-16(21-9-11-5-4-8-23-11)22-10-12-13(17)6-3-7-14(12)24-15(18)19/h3,6-7,11,15H,2,4-5,8-10H2,1H3,(H2,20,21,22). The van der Waals surface area contributed by atoms with Crippen molar-refractivity contribution < 1.29 is 22.6 Å². The molecule has 0 amide bonds. The van der Waals surface area contributed by atoms with Crippen molar-refractivity contribution >= 4 is 5.96 Å². The van der Waals surface area contributed by atoms with Gasteiger partial charge in [-0.05, 0) is 31.9 Å². The number of alkyl halides is 2. The van der Waals surface area contributed by atoms with Crippen LogP contribution in [0.4, 0.5) is 13.2 Å². The molecular weight excluding hydrogens is 323 g/mol. The van der Waals surface area contributed by atoms with E-state index in [1.807, 2.05) is 6.92 Å². The van der Waals surface area contributed by atoms with Gasteiger partial charge in [0.2, 0.25) is 0 Å². The van der Waals surface area contributed by atoms with Gasteiger partial charge in [0, 0.05) is 19.7 Å². The Morgan fingerprint density at radius 2 is 2.25 bits per heavy atom. The summed E-state index contributed by atoms with van der Waals surface area (Å²) in [5.41, 5.74) is -0.00730. The molecule has 5 nitrogen and oxygen atoms in total. The van der Waals surface area contributed by atoms with E-state index in [1.165, 1.54) is 18.2 Å². The molecule has 0 aromatic heterocycles. The highest BCUT2D eigenvalue weighted by molar-refractivity contribution is 5.79. The second-order valence-electron chi connectivity index (χ2n) is 5.31. The third kappa shape index (κ3) is 5.59. The molecule has 0 spiro atoms. The van der Waals surface area contributed by atoms with Crippen LogP contribution >= 0.6 is 0 Å². The number of benzene rings is 1. The highest BCUT2D eigenvalue weighted by atomic mass is 19.3. The van der Waals surface area contributed by atoms with Crippen LogP contribution in [0, 0.1) is 5.82 Å². The molecule has 8 heteroatoms. The number of hydrogen-bond acceptors (Lipinski definition) is 3. The van der Waals surface area contributed by atoms with E-state index in [4.69, 9.17) is 4.74 Å². The maximum absolute atomic E-state index is 13.9. The van der Waals surface area contributed by atoms with Crippen molar-refractivity contribution in [2.45, 2.75) is 39.0 Å². The predicted octanol–water partition coefficient (Wildman–Crippen LogP) is 2.66. The molecule has 0 radical (unpaired) electrons. The largest absolute Gasteiger partial charge is 0.434 e. The summed E-state index contributed by atoms with van der Waals surface area (Å²) >= 11 is 0. The van der Waals surface area contributed by atoms with Crippen LogP contribution in [0.25, 0.3) is 0 Å². The normalized spacial score (nSPS) is 18.0. The minimum atomic E-state index is -3.01. The summed E-state index contributed by atoms with van der Waals surface area (Å²) < 4.78 is 48.6. The lowest BCUT2D eigenvalue weighted by molar-refractivity contribution is -0.0506. The molecule has 0 aliphatic carbocycles. The Kier molecular flexibility index (Phi) is 7.17. The maximum Gasteiger partial charge on any atom is 0.387 e. The van der Waals surface area contributed by atoms with Crippen LogP contribution in [-0.4, -0.2) is 38.4 Å². The van der Waals surface area contributed by atoms with E-state index in [9.17, 15) is 13.2 Å². The smallest absolute Gasteiger partial charge is 0.387 e. The summed E-state index contributed by atoms with van der Waals surface area (Å²) in [4.78, 5) is 4.25. The van der Waals surface area contributed by atoms with Gasteiger partial charge < -0.3 is 20.1 Å². The van der Waals surface area contributed by atoms with Crippen molar-refractivity contribution in [1.82, 2.24) is 10.6 Å². The Bertz CT molecular complexity index is 549. The highest BCUT2D eigenvalue weighted by Gasteiger charge is 2.16. The second kappa shape index (κ2) is 9.36. The molecule has 1 aromatic rings. The average molecular weight is 345 g/mol. The first-order valence-corrected chi connectivity index (χ1v) is 7.96. The van der Waals surface area contributed by atoms with Crippen molar-refractivity contribution in [3.63, 3.8) is 0 Å². The number of ether oxygens (including phenoxy) is 2. The van der Waals surface area contributed by atoms with Crippen LogP contribution in [-0.2, 0) is 11.3 Å². The molecule has 1 aliphatic rings. The van der Waals surface area contributed by atoms with Crippen molar-refractivity contribution in [3.8, 4) is 5.75 Å². The van der Waals surface area contributed by atoms with Gasteiger partial charge >= 0.3 is 6.61 Å². The zero-order valence-electron chi connectivity index (χ0n) is 13.5. The van der Waals surface area contributed by atoms with Gasteiger partial charge in [0.05, 0.1) is 18.2 Å². The van der Waals surface area contributed by atoms with E-state index in [1.54, 1.807) is 0 Å². The number of nitrogens with one attached hydrogen (secondary N) is 2. The minimum absolute atomic E-state index is 0.00730. The third-order valence-corrected chi connectivity index (χ3v) is 3.55. The summed E-state index contributed by atoms with van der Waals surface area (Å²) in [6, 6.07) is 3.81. The number of hydrogen-bond donors (Lipinski definition) is 2. The Morgan fingerprint density at radius 1 is 1.42 bits per heavy atom. The number of guanidine groups is 1. The molecular formula is C16H22F3N3O2. The fraction of sp³-hybridized carbons (Fsp3) is 0.562. The Labute approximate surface area is 139 Å². The molecule has 134 valence electrons. The minimum Gasteiger partial charge on any atom is -0.434 e. The zero-order valence-corrected chi connectivity index (χ0v) is 13.5.